The third-order valence-electron chi connectivity index (χ3n) is 8.92. The minimum absolute atomic E-state index is 0.113. The number of para-hydroxylation sites is 1. The minimum Gasteiger partial charge on any atom is -0.361 e. The van der Waals surface area contributed by atoms with Crippen LogP contribution >= 0.6 is 35.0 Å². The molecule has 13 heteroatoms. The van der Waals surface area contributed by atoms with Gasteiger partial charge in [-0.15, -0.1) is 0 Å². The molecule has 1 aliphatic rings. The monoisotopic (exact) mass is 737 g/mol. The number of likely N-dealkylation sites (N-methyl/N-ethyl adjacent to an activating group) is 1. The number of hydrogen-bond acceptors (Lipinski definition) is 7. The minimum atomic E-state index is -0.899. The van der Waals surface area contributed by atoms with E-state index in [4.69, 9.17) is 28.9 Å². The standard InChI is InChI=1S/C37H45Cl2N7O3S/c1-22(2)15-31-34(47)45-30(12-6-7-13-40)37(49)46(3)32(17-24-20-42-29-11-5-4-10-27(24)29)35(48)44-21-25-16-26(38)18-28(39)33(25)50-36-23(19-43-31)9-8-14-41-36/h4-5,8-11,14,16,18,20,22,30-32,42-43H,6-7,12-13,15,17,19,21,40H2,1-3H3,(H,44,48)(H,45,47)/t30-,31-,32-/m0/s1. The zero-order valence-corrected chi connectivity index (χ0v) is 30.9. The van der Waals surface area contributed by atoms with Crippen molar-refractivity contribution in [3.8, 4) is 0 Å². The third-order valence-corrected chi connectivity index (χ3v) is 10.8. The van der Waals surface area contributed by atoms with Gasteiger partial charge in [0.2, 0.25) is 17.7 Å². The topological polar surface area (TPSA) is 145 Å². The summed E-state index contributed by atoms with van der Waals surface area (Å²) >= 11 is 14.6. The largest absolute Gasteiger partial charge is 0.361 e. The van der Waals surface area contributed by atoms with Gasteiger partial charge < -0.3 is 31.6 Å². The van der Waals surface area contributed by atoms with Gasteiger partial charge in [-0.1, -0.05) is 73.1 Å². The summed E-state index contributed by atoms with van der Waals surface area (Å²) in [5.41, 5.74) is 9.21. The van der Waals surface area contributed by atoms with Crippen LogP contribution in [0.15, 0.2) is 70.8 Å². The number of nitrogens with two attached hydrogens (primary N) is 1. The number of pyridine rings is 1. The second-order valence-electron chi connectivity index (χ2n) is 13.1. The van der Waals surface area contributed by atoms with Gasteiger partial charge in [0.1, 0.15) is 17.1 Å². The Morgan fingerprint density at radius 3 is 2.58 bits per heavy atom. The number of rotatable bonds is 8. The second-order valence-corrected chi connectivity index (χ2v) is 14.9. The Bertz CT molecular complexity index is 1820. The van der Waals surface area contributed by atoms with E-state index in [9.17, 15) is 14.4 Å². The lowest BCUT2D eigenvalue weighted by molar-refractivity contribution is -0.142. The molecule has 3 amide bonds. The SMILES string of the molecule is CC(C)C[C@@H]1NCc2cccnc2Sc2c(Cl)cc(Cl)cc2CNC(=O)[C@H](Cc2c[nH]c3ccccc23)N(C)C(=O)[C@H](CCCCN)NC1=O. The maximum absolute atomic E-state index is 14.4. The van der Waals surface area contributed by atoms with Crippen molar-refractivity contribution in [2.45, 2.75) is 87.1 Å². The quantitative estimate of drug-likeness (QED) is 0.143. The van der Waals surface area contributed by atoms with Crippen LogP contribution in [0.1, 0.15) is 56.2 Å². The Morgan fingerprint density at radius 2 is 1.80 bits per heavy atom. The lowest BCUT2D eigenvalue weighted by Crippen LogP contribution is -2.57. The van der Waals surface area contributed by atoms with Crippen LogP contribution in [0.4, 0.5) is 0 Å². The van der Waals surface area contributed by atoms with E-state index in [2.05, 4.69) is 39.8 Å². The number of halogens is 2. The highest BCUT2D eigenvalue weighted by atomic mass is 35.5. The first kappa shape index (κ1) is 37.6. The number of aromatic nitrogens is 2. The lowest BCUT2D eigenvalue weighted by atomic mass is 10.00. The molecule has 2 aromatic heterocycles. The fourth-order valence-corrected chi connectivity index (χ4v) is 7.88. The van der Waals surface area contributed by atoms with Crippen molar-refractivity contribution >= 4 is 63.6 Å². The van der Waals surface area contributed by atoms with E-state index in [0.29, 0.717) is 64.3 Å². The van der Waals surface area contributed by atoms with Crippen LogP contribution in [0.2, 0.25) is 10.0 Å². The molecule has 3 atom stereocenters. The van der Waals surface area contributed by atoms with Crippen molar-refractivity contribution in [1.29, 1.82) is 0 Å². The van der Waals surface area contributed by atoms with Gasteiger partial charge >= 0.3 is 0 Å². The number of benzene rings is 2. The molecule has 0 saturated carbocycles. The summed E-state index contributed by atoms with van der Waals surface area (Å²) in [5, 5.41) is 12.1. The summed E-state index contributed by atoms with van der Waals surface area (Å²) in [5.74, 6) is -0.780. The molecular formula is C37H45Cl2N7O3S. The fraction of sp³-hybridized carbons (Fsp3) is 0.405. The molecule has 0 aliphatic carbocycles. The summed E-state index contributed by atoms with van der Waals surface area (Å²) in [6, 6.07) is 12.7. The Morgan fingerprint density at radius 1 is 1.00 bits per heavy atom. The van der Waals surface area contributed by atoms with Crippen LogP contribution < -0.4 is 21.7 Å². The van der Waals surface area contributed by atoms with Gasteiger partial charge in [0.25, 0.3) is 0 Å². The Labute approximate surface area is 307 Å². The highest BCUT2D eigenvalue weighted by molar-refractivity contribution is 7.99. The zero-order chi connectivity index (χ0) is 35.8. The molecule has 2 aromatic carbocycles. The molecule has 0 fully saturated rings. The van der Waals surface area contributed by atoms with Crippen molar-refractivity contribution in [2.75, 3.05) is 13.6 Å². The highest BCUT2D eigenvalue weighted by Gasteiger charge is 2.34. The van der Waals surface area contributed by atoms with Crippen molar-refractivity contribution in [1.82, 2.24) is 30.8 Å². The van der Waals surface area contributed by atoms with Gasteiger partial charge in [0.15, 0.2) is 0 Å². The van der Waals surface area contributed by atoms with E-state index in [1.54, 1.807) is 25.4 Å². The molecule has 5 rings (SSSR count). The average molecular weight is 739 g/mol. The van der Waals surface area contributed by atoms with Crippen LogP contribution in [0.25, 0.3) is 10.9 Å². The summed E-state index contributed by atoms with van der Waals surface area (Å²) in [7, 11) is 1.63. The summed E-state index contributed by atoms with van der Waals surface area (Å²) in [6.07, 6.45) is 6.09. The molecule has 0 bridgehead atoms. The number of H-pyrrole nitrogens is 1. The molecule has 4 aromatic rings. The number of carbonyl (C=O) groups is 3. The molecule has 0 saturated heterocycles. The molecule has 0 unspecified atom stereocenters. The number of carbonyl (C=O) groups excluding carboxylic acids is 3. The smallest absolute Gasteiger partial charge is 0.245 e. The molecule has 50 heavy (non-hydrogen) atoms. The molecule has 0 spiro atoms. The number of nitrogens with one attached hydrogen (secondary N) is 4. The van der Waals surface area contributed by atoms with Gasteiger partial charge in [0.05, 0.1) is 11.1 Å². The molecule has 10 nitrogen and oxygen atoms in total. The molecule has 1 aliphatic heterocycles. The molecule has 0 radical (unpaired) electrons. The maximum Gasteiger partial charge on any atom is 0.245 e. The van der Waals surface area contributed by atoms with Crippen molar-refractivity contribution in [2.24, 2.45) is 11.7 Å². The number of fused-ring (bicyclic) bond motifs is 3. The predicted octanol–water partition coefficient (Wildman–Crippen LogP) is 5.84. The molecule has 3 heterocycles. The highest BCUT2D eigenvalue weighted by Crippen LogP contribution is 2.38. The number of unbranched alkanes of at least 4 members (excludes halogenated alkanes) is 1. The van der Waals surface area contributed by atoms with Crippen molar-refractivity contribution in [3.63, 3.8) is 0 Å². The first-order chi connectivity index (χ1) is 24.0. The van der Waals surface area contributed by atoms with Crippen LogP contribution in [-0.4, -0.2) is 64.3 Å². The van der Waals surface area contributed by atoms with E-state index >= 15 is 0 Å². The van der Waals surface area contributed by atoms with Gasteiger partial charge in [-0.3, -0.25) is 14.4 Å². The second kappa shape index (κ2) is 17.5. The van der Waals surface area contributed by atoms with Crippen LogP contribution in [-0.2, 0) is 33.9 Å². The number of hydrogen-bond donors (Lipinski definition) is 5. The first-order valence-electron chi connectivity index (χ1n) is 17.0. The van der Waals surface area contributed by atoms with Gasteiger partial charge in [0, 0.05) is 59.8 Å². The van der Waals surface area contributed by atoms with E-state index in [1.165, 1.54) is 16.7 Å². The van der Waals surface area contributed by atoms with Crippen molar-refractivity contribution < 1.29 is 14.4 Å². The number of aromatic amines is 1. The van der Waals surface area contributed by atoms with E-state index in [-0.39, 0.29) is 36.6 Å². The Balaban J connectivity index is 1.58. The van der Waals surface area contributed by atoms with Gasteiger partial charge in [-0.25, -0.2) is 4.98 Å². The van der Waals surface area contributed by atoms with Gasteiger partial charge in [-0.2, -0.15) is 0 Å². The lowest BCUT2D eigenvalue weighted by Gasteiger charge is -2.32. The van der Waals surface area contributed by atoms with E-state index in [0.717, 1.165) is 22.0 Å². The predicted molar refractivity (Wildman–Crippen MR) is 200 cm³/mol. The Hall–Kier alpha value is -3.61. The molecule has 266 valence electrons. The van der Waals surface area contributed by atoms with Gasteiger partial charge in [-0.05, 0) is 79.1 Å². The Kier molecular flexibility index (Phi) is 13.2. The zero-order valence-electron chi connectivity index (χ0n) is 28.6. The average Bonchev–Trinajstić information content (AvgIpc) is 3.50. The number of nitrogens with zero attached hydrogens (tertiary/aromatic N) is 2. The summed E-state index contributed by atoms with van der Waals surface area (Å²) < 4.78 is 0. The van der Waals surface area contributed by atoms with Crippen LogP contribution in [0, 0.1) is 5.92 Å². The summed E-state index contributed by atoms with van der Waals surface area (Å²) in [4.78, 5) is 52.7. The summed E-state index contributed by atoms with van der Waals surface area (Å²) in [6.45, 7) is 5.05. The molecular weight excluding hydrogens is 693 g/mol. The normalized spacial score (nSPS) is 19.5. The molecule has 6 N–H and O–H groups in total. The first-order valence-corrected chi connectivity index (χ1v) is 18.6. The van der Waals surface area contributed by atoms with E-state index < -0.39 is 18.1 Å². The fourth-order valence-electron chi connectivity index (χ4n) is 6.23. The third kappa shape index (κ3) is 9.38. The number of amides is 3. The van der Waals surface area contributed by atoms with Crippen LogP contribution in [0.3, 0.4) is 0 Å². The van der Waals surface area contributed by atoms with Crippen LogP contribution in [0.5, 0.6) is 0 Å². The van der Waals surface area contributed by atoms with Crippen molar-refractivity contribution in [3.05, 3.63) is 87.7 Å². The maximum atomic E-state index is 14.4. The van der Waals surface area contributed by atoms with E-state index in [1.807, 2.05) is 42.6 Å².